The molecule has 0 aromatic rings. The first-order valence-corrected chi connectivity index (χ1v) is 5.34. The zero-order chi connectivity index (χ0) is 12.3. The maximum atomic E-state index is 9.32. The lowest BCUT2D eigenvalue weighted by atomic mass is 9.90. The quantitative estimate of drug-likeness (QED) is 0.179. The van der Waals surface area contributed by atoms with E-state index in [-0.39, 0.29) is 13.2 Å². The molecule has 0 aromatic carbocycles. The first-order chi connectivity index (χ1) is 7.74. The van der Waals surface area contributed by atoms with Gasteiger partial charge in [0.25, 0.3) is 0 Å². The fourth-order valence-electron chi connectivity index (χ4n) is 1.17. The van der Waals surface area contributed by atoms with E-state index in [1.165, 1.54) is 0 Å². The molecule has 5 N–H and O–H groups in total. The number of hydrazine groups is 1. The van der Waals surface area contributed by atoms with Crippen LogP contribution in [0.4, 0.5) is 0 Å². The molecule has 0 rings (SSSR count). The van der Waals surface area contributed by atoms with Crippen molar-refractivity contribution < 1.29 is 10.2 Å². The molecular formula is C11H23N3O2. The van der Waals surface area contributed by atoms with Gasteiger partial charge in [-0.15, -0.1) is 13.2 Å². The van der Waals surface area contributed by atoms with E-state index in [1.54, 1.807) is 12.2 Å². The predicted molar refractivity (Wildman–Crippen MR) is 65.9 cm³/mol. The van der Waals surface area contributed by atoms with Crippen molar-refractivity contribution in [2.24, 2.45) is 5.41 Å². The molecule has 0 saturated heterocycles. The Morgan fingerprint density at radius 2 is 1.56 bits per heavy atom. The van der Waals surface area contributed by atoms with Crippen LogP contribution in [-0.2, 0) is 0 Å². The van der Waals surface area contributed by atoms with Gasteiger partial charge in [-0.1, -0.05) is 12.2 Å². The molecule has 0 heterocycles. The summed E-state index contributed by atoms with van der Waals surface area (Å²) >= 11 is 0. The van der Waals surface area contributed by atoms with Crippen LogP contribution in [0.25, 0.3) is 0 Å². The smallest absolute Gasteiger partial charge is 0.0534 e. The molecule has 0 aromatic heterocycles. The molecule has 5 heteroatoms. The normalized spacial score (nSPS) is 11.4. The van der Waals surface area contributed by atoms with Gasteiger partial charge in [0.05, 0.1) is 13.2 Å². The Balaban J connectivity index is 3.98. The maximum absolute atomic E-state index is 9.32. The van der Waals surface area contributed by atoms with E-state index < -0.39 is 5.41 Å². The third kappa shape index (κ3) is 5.99. The van der Waals surface area contributed by atoms with E-state index in [0.717, 1.165) is 0 Å². The summed E-state index contributed by atoms with van der Waals surface area (Å²) in [6.07, 6.45) is 3.46. The molecule has 0 aliphatic carbocycles. The highest BCUT2D eigenvalue weighted by Gasteiger charge is 2.27. The van der Waals surface area contributed by atoms with Crippen molar-refractivity contribution >= 4 is 0 Å². The van der Waals surface area contributed by atoms with Crippen molar-refractivity contribution in [2.75, 3.05) is 39.4 Å². The summed E-state index contributed by atoms with van der Waals surface area (Å²) in [6.45, 7) is 9.27. The Labute approximate surface area is 97.2 Å². The van der Waals surface area contributed by atoms with E-state index in [9.17, 15) is 10.2 Å². The van der Waals surface area contributed by atoms with Gasteiger partial charge in [0.1, 0.15) is 0 Å². The van der Waals surface area contributed by atoms with Gasteiger partial charge >= 0.3 is 0 Å². The number of nitrogens with one attached hydrogen (secondary N) is 3. The van der Waals surface area contributed by atoms with Crippen LogP contribution in [0.1, 0.15) is 0 Å². The highest BCUT2D eigenvalue weighted by Crippen LogP contribution is 2.12. The van der Waals surface area contributed by atoms with Gasteiger partial charge in [-0.05, 0) is 0 Å². The Hall–Kier alpha value is -0.720. The van der Waals surface area contributed by atoms with E-state index in [4.69, 9.17) is 0 Å². The summed E-state index contributed by atoms with van der Waals surface area (Å²) in [5.41, 5.74) is 5.29. The van der Waals surface area contributed by atoms with E-state index in [0.29, 0.717) is 26.2 Å². The molecular weight excluding hydrogens is 206 g/mol. The molecule has 0 spiro atoms. The zero-order valence-electron chi connectivity index (χ0n) is 9.71. The van der Waals surface area contributed by atoms with Crippen molar-refractivity contribution in [2.45, 2.75) is 0 Å². The van der Waals surface area contributed by atoms with Gasteiger partial charge in [0, 0.05) is 31.6 Å². The fraction of sp³-hybridized carbons (Fsp3) is 0.636. The van der Waals surface area contributed by atoms with E-state index in [1.807, 2.05) is 0 Å². The van der Waals surface area contributed by atoms with Crippen LogP contribution >= 0.6 is 0 Å². The second-order valence-electron chi connectivity index (χ2n) is 3.76. The van der Waals surface area contributed by atoms with Crippen molar-refractivity contribution in [3.63, 3.8) is 0 Å². The lowest BCUT2D eigenvalue weighted by Crippen LogP contribution is -2.50. The topological polar surface area (TPSA) is 76.5 Å². The molecule has 5 nitrogen and oxygen atoms in total. The summed E-state index contributed by atoms with van der Waals surface area (Å²) in [5.74, 6) is 0. The van der Waals surface area contributed by atoms with Crippen LogP contribution in [-0.4, -0.2) is 49.6 Å². The summed E-state index contributed by atoms with van der Waals surface area (Å²) in [6, 6.07) is 0. The van der Waals surface area contributed by atoms with Crippen LogP contribution in [0.3, 0.4) is 0 Å². The minimum absolute atomic E-state index is 0.0869. The van der Waals surface area contributed by atoms with Crippen LogP contribution < -0.4 is 16.2 Å². The molecule has 0 bridgehead atoms. The van der Waals surface area contributed by atoms with Gasteiger partial charge in [-0.25, -0.2) is 0 Å². The minimum Gasteiger partial charge on any atom is -0.396 e. The molecule has 0 unspecified atom stereocenters. The second kappa shape index (κ2) is 9.50. The standard InChI is InChI=1S/C11H23N3O2/c1-3-5-12-7-11(9-15,10-16)8-14-13-6-4-2/h3-4,12-16H,1-2,5-10H2. The minimum atomic E-state index is -0.572. The Bertz CT molecular complexity index is 194. The Kier molecular flexibility index (Phi) is 9.07. The lowest BCUT2D eigenvalue weighted by Gasteiger charge is -2.30. The molecule has 0 atom stereocenters. The SMILES string of the molecule is C=CCNCC(CO)(CO)CNNCC=C. The number of aliphatic hydroxyl groups is 2. The van der Waals surface area contributed by atoms with Gasteiger partial charge < -0.3 is 15.5 Å². The molecule has 0 saturated carbocycles. The number of hydrogen-bond donors (Lipinski definition) is 5. The summed E-state index contributed by atoms with van der Waals surface area (Å²) < 4.78 is 0. The summed E-state index contributed by atoms with van der Waals surface area (Å²) in [7, 11) is 0. The van der Waals surface area contributed by atoms with Crippen LogP contribution in [0.15, 0.2) is 25.3 Å². The number of rotatable bonds is 11. The third-order valence-corrected chi connectivity index (χ3v) is 2.29. The molecule has 0 fully saturated rings. The van der Waals surface area contributed by atoms with Crippen molar-refractivity contribution in [1.82, 2.24) is 16.2 Å². The first-order valence-electron chi connectivity index (χ1n) is 5.34. The number of aliphatic hydroxyl groups excluding tert-OH is 2. The zero-order valence-corrected chi connectivity index (χ0v) is 9.71. The molecule has 0 radical (unpaired) electrons. The number of hydrogen-bond acceptors (Lipinski definition) is 5. The molecule has 94 valence electrons. The molecule has 0 aliphatic heterocycles. The third-order valence-electron chi connectivity index (χ3n) is 2.29. The average molecular weight is 229 g/mol. The van der Waals surface area contributed by atoms with Gasteiger partial charge in [-0.2, -0.15) is 0 Å². The van der Waals surface area contributed by atoms with Crippen LogP contribution in [0, 0.1) is 5.41 Å². The predicted octanol–water partition coefficient (Wildman–Crippen LogP) is -0.987. The fourth-order valence-corrected chi connectivity index (χ4v) is 1.17. The highest BCUT2D eigenvalue weighted by atomic mass is 16.3. The highest BCUT2D eigenvalue weighted by molar-refractivity contribution is 4.84. The average Bonchev–Trinajstić information content (AvgIpc) is 2.33. The largest absolute Gasteiger partial charge is 0.396 e. The monoisotopic (exact) mass is 229 g/mol. The van der Waals surface area contributed by atoms with Crippen molar-refractivity contribution in [3.05, 3.63) is 25.3 Å². The van der Waals surface area contributed by atoms with Crippen molar-refractivity contribution in [3.8, 4) is 0 Å². The molecule has 0 amide bonds. The van der Waals surface area contributed by atoms with E-state index in [2.05, 4.69) is 29.3 Å². The Morgan fingerprint density at radius 3 is 2.06 bits per heavy atom. The first kappa shape index (κ1) is 15.3. The lowest BCUT2D eigenvalue weighted by molar-refractivity contribution is 0.0523. The van der Waals surface area contributed by atoms with Crippen LogP contribution in [0.2, 0.25) is 0 Å². The van der Waals surface area contributed by atoms with Gasteiger partial charge in [-0.3, -0.25) is 10.9 Å². The Morgan fingerprint density at radius 1 is 0.938 bits per heavy atom. The maximum Gasteiger partial charge on any atom is 0.0534 e. The van der Waals surface area contributed by atoms with Crippen LogP contribution in [0.5, 0.6) is 0 Å². The molecule has 0 aliphatic rings. The second-order valence-corrected chi connectivity index (χ2v) is 3.76. The van der Waals surface area contributed by atoms with Gasteiger partial charge in [0.2, 0.25) is 0 Å². The van der Waals surface area contributed by atoms with Gasteiger partial charge in [0.15, 0.2) is 0 Å². The summed E-state index contributed by atoms with van der Waals surface area (Å²) in [4.78, 5) is 0. The molecule has 16 heavy (non-hydrogen) atoms. The van der Waals surface area contributed by atoms with E-state index >= 15 is 0 Å². The van der Waals surface area contributed by atoms with Crippen molar-refractivity contribution in [1.29, 1.82) is 0 Å². The summed E-state index contributed by atoms with van der Waals surface area (Å²) in [5, 5.41) is 21.7.